The lowest BCUT2D eigenvalue weighted by Gasteiger charge is -2.22. The van der Waals surface area contributed by atoms with Crippen molar-refractivity contribution in [2.45, 2.75) is 31.7 Å². The zero-order chi connectivity index (χ0) is 12.3. The highest BCUT2D eigenvalue weighted by Gasteiger charge is 2.25. The van der Waals surface area contributed by atoms with Gasteiger partial charge in [-0.1, -0.05) is 12.8 Å². The van der Waals surface area contributed by atoms with E-state index in [1.54, 1.807) is 11.3 Å². The van der Waals surface area contributed by atoms with E-state index in [1.165, 1.54) is 25.7 Å². The minimum absolute atomic E-state index is 0.0199. The molecular weight excluding hydrogens is 347 g/mol. The summed E-state index contributed by atoms with van der Waals surface area (Å²) >= 11 is 3.82. The number of hydrogen-bond donors (Lipinski definition) is 2. The Bertz CT molecular complexity index is 388. The van der Waals surface area contributed by atoms with Crippen LogP contribution in [0.4, 0.5) is 0 Å². The second-order valence-corrected chi connectivity index (χ2v) is 7.31. The van der Waals surface area contributed by atoms with E-state index >= 15 is 0 Å². The molecule has 1 aromatic rings. The molecule has 3 N–H and O–H groups in total. The first-order valence-electron chi connectivity index (χ1n) is 5.95. The van der Waals surface area contributed by atoms with Crippen LogP contribution in [0, 0.1) is 8.80 Å². The maximum atomic E-state index is 12.0. The van der Waals surface area contributed by atoms with Crippen molar-refractivity contribution < 1.29 is 4.79 Å². The van der Waals surface area contributed by atoms with E-state index in [4.69, 9.17) is 5.73 Å². The molecule has 0 saturated heterocycles. The van der Waals surface area contributed by atoms with Crippen LogP contribution in [0.15, 0.2) is 11.4 Å². The summed E-state index contributed by atoms with van der Waals surface area (Å²) in [5.41, 5.74) is 6.53. The zero-order valence-electron chi connectivity index (χ0n) is 9.62. The number of nitrogens with one attached hydrogen (secondary N) is 1. The molecule has 1 heterocycles. The van der Waals surface area contributed by atoms with Gasteiger partial charge in [-0.3, -0.25) is 4.79 Å². The second-order valence-electron chi connectivity index (χ2n) is 4.50. The van der Waals surface area contributed by atoms with E-state index in [-0.39, 0.29) is 11.9 Å². The van der Waals surface area contributed by atoms with Crippen molar-refractivity contribution in [1.82, 2.24) is 5.32 Å². The molecule has 1 amide bonds. The number of carbonyl (C=O) groups excluding carboxylic acids is 1. The molecule has 0 radical (unpaired) electrons. The fourth-order valence-corrected chi connectivity index (χ4v) is 3.74. The number of nitrogens with two attached hydrogens (primary N) is 1. The van der Waals surface area contributed by atoms with Crippen molar-refractivity contribution in [3.8, 4) is 0 Å². The molecule has 17 heavy (non-hydrogen) atoms. The number of thiophene rings is 1. The molecule has 3 nitrogen and oxygen atoms in total. The normalized spacial score (nSPS) is 18.2. The first-order chi connectivity index (χ1) is 8.20. The Hall–Kier alpha value is -0.140. The Labute approximate surface area is 119 Å². The first kappa shape index (κ1) is 13.3. The highest BCUT2D eigenvalue weighted by atomic mass is 127. The minimum Gasteiger partial charge on any atom is -0.348 e. The molecule has 1 aliphatic rings. The zero-order valence-corrected chi connectivity index (χ0v) is 12.6. The van der Waals surface area contributed by atoms with Crippen molar-refractivity contribution in [3.05, 3.63) is 19.9 Å². The molecule has 0 bridgehead atoms. The van der Waals surface area contributed by atoms with Crippen molar-refractivity contribution in [1.29, 1.82) is 0 Å². The lowest BCUT2D eigenvalue weighted by atomic mass is 9.98. The molecule has 1 fully saturated rings. The van der Waals surface area contributed by atoms with Gasteiger partial charge in [0, 0.05) is 18.0 Å². The third-order valence-corrected chi connectivity index (χ3v) is 5.16. The van der Waals surface area contributed by atoms with E-state index in [0.717, 1.165) is 8.45 Å². The van der Waals surface area contributed by atoms with Gasteiger partial charge in [-0.2, -0.15) is 0 Å². The average Bonchev–Trinajstić information content (AvgIpc) is 2.96. The summed E-state index contributed by atoms with van der Waals surface area (Å²) in [6.07, 6.45) is 4.94. The number of halogens is 1. The number of rotatable bonds is 4. The quantitative estimate of drug-likeness (QED) is 0.807. The second kappa shape index (κ2) is 6.15. The molecule has 1 atom stereocenters. The fourth-order valence-electron chi connectivity index (χ4n) is 2.41. The summed E-state index contributed by atoms with van der Waals surface area (Å²) in [6, 6.07) is 2.06. The lowest BCUT2D eigenvalue weighted by molar-refractivity contribution is 0.0924. The Morgan fingerprint density at radius 3 is 2.82 bits per heavy atom. The Kier molecular flexibility index (Phi) is 4.81. The van der Waals surface area contributed by atoms with E-state index < -0.39 is 0 Å². The van der Waals surface area contributed by atoms with Crippen LogP contribution in [-0.4, -0.2) is 18.5 Å². The van der Waals surface area contributed by atoms with Crippen LogP contribution in [0.5, 0.6) is 0 Å². The van der Waals surface area contributed by atoms with Crippen LogP contribution in [-0.2, 0) is 0 Å². The fraction of sp³-hybridized carbons (Fsp3) is 0.583. The Balaban J connectivity index is 1.96. The van der Waals surface area contributed by atoms with Gasteiger partial charge in [0.1, 0.15) is 0 Å². The average molecular weight is 364 g/mol. The van der Waals surface area contributed by atoms with E-state index in [1.807, 2.05) is 11.4 Å². The van der Waals surface area contributed by atoms with E-state index in [2.05, 4.69) is 27.9 Å². The maximum Gasteiger partial charge on any atom is 0.252 e. The van der Waals surface area contributed by atoms with Crippen molar-refractivity contribution >= 4 is 39.8 Å². The number of hydrogen-bond acceptors (Lipinski definition) is 3. The van der Waals surface area contributed by atoms with Crippen molar-refractivity contribution in [3.63, 3.8) is 0 Å². The van der Waals surface area contributed by atoms with Crippen LogP contribution >= 0.6 is 33.9 Å². The van der Waals surface area contributed by atoms with Gasteiger partial charge in [-0.05, 0) is 47.4 Å². The highest BCUT2D eigenvalue weighted by molar-refractivity contribution is 14.1. The summed E-state index contributed by atoms with van der Waals surface area (Å²) in [6.45, 7) is 0.539. The van der Waals surface area contributed by atoms with Gasteiger partial charge >= 0.3 is 0 Å². The summed E-state index contributed by atoms with van der Waals surface area (Å²) < 4.78 is 1.14. The Morgan fingerprint density at radius 2 is 2.29 bits per heavy atom. The largest absolute Gasteiger partial charge is 0.348 e. The van der Waals surface area contributed by atoms with Gasteiger partial charge in [-0.15, -0.1) is 11.3 Å². The summed E-state index contributed by atoms with van der Waals surface area (Å²) in [5.74, 6) is 0.591. The third kappa shape index (κ3) is 3.42. The van der Waals surface area contributed by atoms with Gasteiger partial charge < -0.3 is 11.1 Å². The molecule has 1 aromatic heterocycles. The van der Waals surface area contributed by atoms with Crippen LogP contribution in [0.3, 0.4) is 0 Å². The van der Waals surface area contributed by atoms with Crippen molar-refractivity contribution in [2.75, 3.05) is 6.54 Å². The smallest absolute Gasteiger partial charge is 0.252 e. The maximum absolute atomic E-state index is 12.0. The molecule has 0 aromatic carbocycles. The van der Waals surface area contributed by atoms with Crippen molar-refractivity contribution in [2.24, 2.45) is 11.7 Å². The third-order valence-electron chi connectivity index (χ3n) is 3.37. The molecule has 1 unspecified atom stereocenters. The summed E-state index contributed by atoms with van der Waals surface area (Å²) in [4.78, 5) is 12.0. The van der Waals surface area contributed by atoms with Gasteiger partial charge in [-0.25, -0.2) is 0 Å². The molecule has 1 aliphatic carbocycles. The predicted octanol–water partition coefficient (Wildman–Crippen LogP) is 2.60. The van der Waals surface area contributed by atoms with Gasteiger partial charge in [0.05, 0.1) is 8.45 Å². The minimum atomic E-state index is 0.0199. The molecular formula is C12H17IN2OS. The lowest BCUT2D eigenvalue weighted by Crippen LogP contribution is -2.44. The molecule has 0 spiro atoms. The van der Waals surface area contributed by atoms with Crippen LogP contribution in [0.2, 0.25) is 0 Å². The summed E-state index contributed by atoms with van der Waals surface area (Å²) in [5, 5.41) is 4.98. The van der Waals surface area contributed by atoms with E-state index in [9.17, 15) is 4.79 Å². The van der Waals surface area contributed by atoms with Gasteiger partial charge in [0.25, 0.3) is 5.91 Å². The van der Waals surface area contributed by atoms with Crippen LogP contribution < -0.4 is 11.1 Å². The predicted molar refractivity (Wildman–Crippen MR) is 79.3 cm³/mol. The molecule has 2 rings (SSSR count). The van der Waals surface area contributed by atoms with E-state index in [0.29, 0.717) is 12.5 Å². The molecule has 1 saturated carbocycles. The SMILES string of the molecule is NCC(NC(=O)c1csc(I)c1)C1CCCC1. The number of amides is 1. The standard InChI is InChI=1S/C12H17IN2OS/c13-11-5-9(7-17-11)12(16)15-10(6-14)8-3-1-2-4-8/h5,7-8,10H,1-4,6,14H2,(H,15,16). The molecule has 0 aliphatic heterocycles. The molecule has 94 valence electrons. The van der Waals surface area contributed by atoms with Gasteiger partial charge in [0.15, 0.2) is 0 Å². The van der Waals surface area contributed by atoms with Crippen LogP contribution in [0.1, 0.15) is 36.0 Å². The first-order valence-corrected chi connectivity index (χ1v) is 7.91. The van der Waals surface area contributed by atoms with Crippen LogP contribution in [0.25, 0.3) is 0 Å². The topological polar surface area (TPSA) is 55.1 Å². The highest BCUT2D eigenvalue weighted by Crippen LogP contribution is 2.27. The monoisotopic (exact) mass is 364 g/mol. The number of carbonyl (C=O) groups is 1. The summed E-state index contributed by atoms with van der Waals surface area (Å²) in [7, 11) is 0. The van der Waals surface area contributed by atoms with Gasteiger partial charge in [0.2, 0.25) is 0 Å². The Morgan fingerprint density at radius 1 is 1.59 bits per heavy atom. The molecule has 5 heteroatoms.